The lowest BCUT2D eigenvalue weighted by molar-refractivity contribution is -0.147. The van der Waals surface area contributed by atoms with E-state index in [1.54, 1.807) is 0 Å². The highest BCUT2D eigenvalue weighted by molar-refractivity contribution is 5.79. The van der Waals surface area contributed by atoms with Crippen molar-refractivity contribution in [2.45, 2.75) is 31.7 Å². The molecule has 0 aromatic rings. The molecule has 0 radical (unpaired) electrons. The first-order chi connectivity index (χ1) is 7.61. The van der Waals surface area contributed by atoms with Crippen molar-refractivity contribution < 1.29 is 19.4 Å². The van der Waals surface area contributed by atoms with E-state index in [1.165, 1.54) is 0 Å². The molecule has 1 rings (SSSR count). The van der Waals surface area contributed by atoms with Gasteiger partial charge in [-0.3, -0.25) is 4.79 Å². The van der Waals surface area contributed by atoms with Crippen LogP contribution in [0.2, 0.25) is 0 Å². The molecule has 0 spiro atoms. The average Bonchev–Trinajstić information content (AvgIpc) is 3.06. The van der Waals surface area contributed by atoms with E-state index >= 15 is 0 Å². The molecule has 1 saturated carbocycles. The Kier molecular flexibility index (Phi) is 5.18. The molecule has 0 heterocycles. The molecule has 1 fully saturated rings. The zero-order chi connectivity index (χ0) is 12.0. The second kappa shape index (κ2) is 6.18. The smallest absolute Gasteiger partial charge is 0.326 e. The van der Waals surface area contributed by atoms with Crippen LogP contribution in [0.1, 0.15) is 26.2 Å². The van der Waals surface area contributed by atoms with E-state index in [9.17, 15) is 4.79 Å². The quantitative estimate of drug-likeness (QED) is 0.568. The van der Waals surface area contributed by atoms with Crippen LogP contribution in [0.4, 0.5) is 0 Å². The number of hydrogen-bond acceptors (Lipinski definition) is 4. The zero-order valence-electron chi connectivity index (χ0n) is 9.78. The Labute approximate surface area is 95.9 Å². The van der Waals surface area contributed by atoms with Crippen molar-refractivity contribution in [3.63, 3.8) is 0 Å². The van der Waals surface area contributed by atoms with Gasteiger partial charge < -0.3 is 20.3 Å². The van der Waals surface area contributed by atoms with Crippen LogP contribution in [0.3, 0.4) is 0 Å². The lowest BCUT2D eigenvalue weighted by atomic mass is 9.96. The molecule has 0 saturated heterocycles. The molecule has 1 aliphatic rings. The van der Waals surface area contributed by atoms with Gasteiger partial charge in [0, 0.05) is 6.61 Å². The van der Waals surface area contributed by atoms with E-state index < -0.39 is 11.5 Å². The lowest BCUT2D eigenvalue weighted by Gasteiger charge is -2.24. The second-order valence-electron chi connectivity index (χ2n) is 4.28. The van der Waals surface area contributed by atoms with Gasteiger partial charge in [0.05, 0.1) is 19.8 Å². The summed E-state index contributed by atoms with van der Waals surface area (Å²) < 4.78 is 10.5. The summed E-state index contributed by atoms with van der Waals surface area (Å²) in [5.41, 5.74) is 4.62. The van der Waals surface area contributed by atoms with Crippen LogP contribution >= 0.6 is 0 Å². The maximum atomic E-state index is 11.0. The first-order valence-corrected chi connectivity index (χ1v) is 5.79. The van der Waals surface area contributed by atoms with E-state index in [-0.39, 0.29) is 12.5 Å². The van der Waals surface area contributed by atoms with Gasteiger partial charge in [0.15, 0.2) is 0 Å². The van der Waals surface area contributed by atoms with Gasteiger partial charge in [0.2, 0.25) is 0 Å². The van der Waals surface area contributed by atoms with Gasteiger partial charge in [-0.05, 0) is 25.2 Å². The van der Waals surface area contributed by atoms with Crippen LogP contribution < -0.4 is 5.73 Å². The maximum absolute atomic E-state index is 11.0. The highest BCUT2D eigenvalue weighted by Gasteiger charge is 2.48. The molecule has 3 N–H and O–H groups in total. The molecule has 0 bridgehead atoms. The molecular formula is C11H21NO4. The van der Waals surface area contributed by atoms with Crippen molar-refractivity contribution in [3.8, 4) is 0 Å². The molecule has 1 atom stereocenters. The molecule has 0 amide bonds. The van der Waals surface area contributed by atoms with Crippen LogP contribution in [0.15, 0.2) is 0 Å². The SMILES string of the molecule is CCCOCCOCC(N)(C(=O)O)C1CC1. The van der Waals surface area contributed by atoms with Gasteiger partial charge >= 0.3 is 5.97 Å². The van der Waals surface area contributed by atoms with E-state index in [1.807, 2.05) is 6.92 Å². The monoisotopic (exact) mass is 231 g/mol. The molecule has 1 aliphatic carbocycles. The Hall–Kier alpha value is -0.650. The number of nitrogens with two attached hydrogens (primary N) is 1. The third kappa shape index (κ3) is 3.73. The van der Waals surface area contributed by atoms with Gasteiger partial charge in [0.1, 0.15) is 5.54 Å². The first kappa shape index (κ1) is 13.4. The minimum Gasteiger partial charge on any atom is -0.480 e. The Balaban J connectivity index is 2.16. The largest absolute Gasteiger partial charge is 0.480 e. The standard InChI is InChI=1S/C11H21NO4/c1-2-5-15-6-7-16-8-11(12,10(13)14)9-3-4-9/h9H,2-8,12H2,1H3,(H,13,14). The summed E-state index contributed by atoms with van der Waals surface area (Å²) in [6, 6.07) is 0. The van der Waals surface area contributed by atoms with Crippen LogP contribution in [0.25, 0.3) is 0 Å². The average molecular weight is 231 g/mol. The Morgan fingerprint density at radius 3 is 2.50 bits per heavy atom. The number of aliphatic carboxylic acids is 1. The minimum atomic E-state index is -1.20. The maximum Gasteiger partial charge on any atom is 0.326 e. The Morgan fingerprint density at radius 1 is 1.38 bits per heavy atom. The number of rotatable bonds is 9. The summed E-state index contributed by atoms with van der Waals surface area (Å²) >= 11 is 0. The first-order valence-electron chi connectivity index (χ1n) is 5.79. The third-order valence-electron chi connectivity index (χ3n) is 2.77. The number of carboxylic acids is 1. The van der Waals surface area contributed by atoms with Crippen molar-refractivity contribution in [2.24, 2.45) is 11.7 Å². The number of carboxylic acid groups (broad SMARTS) is 1. The van der Waals surface area contributed by atoms with Gasteiger partial charge in [-0.1, -0.05) is 6.92 Å². The molecule has 16 heavy (non-hydrogen) atoms. The molecule has 1 unspecified atom stereocenters. The predicted molar refractivity (Wildman–Crippen MR) is 59.2 cm³/mol. The highest BCUT2D eigenvalue weighted by atomic mass is 16.5. The fourth-order valence-electron chi connectivity index (χ4n) is 1.56. The van der Waals surface area contributed by atoms with Crippen molar-refractivity contribution in [3.05, 3.63) is 0 Å². The summed E-state index contributed by atoms with van der Waals surface area (Å²) in [5.74, 6) is -0.897. The summed E-state index contributed by atoms with van der Waals surface area (Å²) in [4.78, 5) is 11.0. The molecular weight excluding hydrogens is 210 g/mol. The van der Waals surface area contributed by atoms with E-state index in [4.69, 9.17) is 20.3 Å². The van der Waals surface area contributed by atoms with E-state index in [2.05, 4.69) is 0 Å². The Morgan fingerprint density at radius 2 is 2.00 bits per heavy atom. The van der Waals surface area contributed by atoms with Gasteiger partial charge in [-0.15, -0.1) is 0 Å². The minimum absolute atomic E-state index is 0.0709. The molecule has 0 aromatic heterocycles. The van der Waals surface area contributed by atoms with E-state index in [0.717, 1.165) is 19.3 Å². The molecule has 5 heteroatoms. The fraction of sp³-hybridized carbons (Fsp3) is 0.909. The number of hydrogen-bond donors (Lipinski definition) is 2. The molecule has 5 nitrogen and oxygen atoms in total. The van der Waals surface area contributed by atoms with Gasteiger partial charge in [0.25, 0.3) is 0 Å². The zero-order valence-corrected chi connectivity index (χ0v) is 9.78. The van der Waals surface area contributed by atoms with Crippen molar-refractivity contribution in [2.75, 3.05) is 26.4 Å². The molecule has 94 valence electrons. The predicted octanol–water partition coefficient (Wildman–Crippen LogP) is 0.622. The van der Waals surface area contributed by atoms with Crippen molar-refractivity contribution in [1.82, 2.24) is 0 Å². The summed E-state index contributed by atoms with van der Waals surface area (Å²) in [6.07, 6.45) is 2.75. The molecule has 0 aliphatic heterocycles. The topological polar surface area (TPSA) is 81.8 Å². The third-order valence-corrected chi connectivity index (χ3v) is 2.77. The fourth-order valence-corrected chi connectivity index (χ4v) is 1.56. The highest BCUT2D eigenvalue weighted by Crippen LogP contribution is 2.38. The van der Waals surface area contributed by atoms with Crippen LogP contribution in [-0.2, 0) is 14.3 Å². The van der Waals surface area contributed by atoms with Gasteiger partial charge in [-0.25, -0.2) is 0 Å². The van der Waals surface area contributed by atoms with Crippen LogP contribution in [-0.4, -0.2) is 43.0 Å². The van der Waals surface area contributed by atoms with Crippen molar-refractivity contribution in [1.29, 1.82) is 0 Å². The van der Waals surface area contributed by atoms with E-state index in [0.29, 0.717) is 19.8 Å². The van der Waals surface area contributed by atoms with Crippen LogP contribution in [0, 0.1) is 5.92 Å². The van der Waals surface area contributed by atoms with Crippen LogP contribution in [0.5, 0.6) is 0 Å². The normalized spacial score (nSPS) is 19.4. The lowest BCUT2D eigenvalue weighted by Crippen LogP contribution is -2.54. The number of carbonyl (C=O) groups is 1. The summed E-state index contributed by atoms with van der Waals surface area (Å²) in [5, 5.41) is 9.05. The Bertz CT molecular complexity index is 230. The number of ether oxygens (including phenoxy) is 2. The van der Waals surface area contributed by atoms with Crippen molar-refractivity contribution >= 4 is 5.97 Å². The summed E-state index contributed by atoms with van der Waals surface area (Å²) in [7, 11) is 0. The summed E-state index contributed by atoms with van der Waals surface area (Å²) in [6.45, 7) is 3.71. The second-order valence-corrected chi connectivity index (χ2v) is 4.28. The molecule has 0 aromatic carbocycles. The van der Waals surface area contributed by atoms with Gasteiger partial charge in [-0.2, -0.15) is 0 Å².